The van der Waals surface area contributed by atoms with E-state index in [1.54, 1.807) is 0 Å². The number of nitrogens with zero attached hydrogens (tertiary/aromatic N) is 2. The monoisotopic (exact) mass is 335 g/mol. The largest absolute Gasteiger partial charge is 0.354 e. The van der Waals surface area contributed by atoms with Crippen LogP contribution in [-0.2, 0) is 4.79 Å². The van der Waals surface area contributed by atoms with Gasteiger partial charge in [0.25, 0.3) is 0 Å². The van der Waals surface area contributed by atoms with Crippen LogP contribution in [0.5, 0.6) is 0 Å². The van der Waals surface area contributed by atoms with Gasteiger partial charge >= 0.3 is 0 Å². The van der Waals surface area contributed by atoms with Crippen molar-refractivity contribution in [1.29, 1.82) is 0 Å². The molecule has 0 saturated carbocycles. The van der Waals surface area contributed by atoms with E-state index in [-0.39, 0.29) is 17.9 Å². The van der Waals surface area contributed by atoms with Gasteiger partial charge in [-0.15, -0.1) is 0 Å². The van der Waals surface area contributed by atoms with Gasteiger partial charge in [0.2, 0.25) is 5.91 Å². The summed E-state index contributed by atoms with van der Waals surface area (Å²) < 4.78 is 2.08. The normalized spacial score (nSPS) is 13.6. The van der Waals surface area contributed by atoms with Crippen molar-refractivity contribution in [3.05, 3.63) is 71.7 Å². The van der Waals surface area contributed by atoms with Crippen LogP contribution < -0.4 is 5.32 Å². The van der Waals surface area contributed by atoms with Crippen LogP contribution in [0.3, 0.4) is 0 Å². The number of rotatable bonds is 6. The molecule has 1 amide bonds. The van der Waals surface area contributed by atoms with Crippen LogP contribution in [0.4, 0.5) is 0 Å². The van der Waals surface area contributed by atoms with Crippen molar-refractivity contribution in [3.8, 4) is 0 Å². The summed E-state index contributed by atoms with van der Waals surface area (Å²) >= 11 is 0. The summed E-state index contributed by atoms with van der Waals surface area (Å²) in [7, 11) is 0. The van der Waals surface area contributed by atoms with Crippen LogP contribution in [0.2, 0.25) is 0 Å². The molecule has 25 heavy (non-hydrogen) atoms. The second kappa shape index (κ2) is 7.51. The van der Waals surface area contributed by atoms with Crippen LogP contribution >= 0.6 is 0 Å². The van der Waals surface area contributed by atoms with Gasteiger partial charge in [-0.05, 0) is 43.5 Å². The Morgan fingerprint density at radius 3 is 2.72 bits per heavy atom. The Kier molecular flexibility index (Phi) is 5.17. The predicted octanol–water partition coefficient (Wildman–Crippen LogP) is 4.08. The number of aromatic nitrogens is 2. The van der Waals surface area contributed by atoms with E-state index in [0.29, 0.717) is 6.42 Å². The number of imidazole rings is 1. The number of fused-ring (bicyclic) bond motifs is 1. The van der Waals surface area contributed by atoms with Crippen molar-refractivity contribution in [2.45, 2.75) is 45.6 Å². The van der Waals surface area contributed by atoms with Gasteiger partial charge in [-0.2, -0.15) is 0 Å². The molecular weight excluding hydrogens is 310 g/mol. The minimum Gasteiger partial charge on any atom is -0.354 e. The Hall–Kier alpha value is -2.62. The summed E-state index contributed by atoms with van der Waals surface area (Å²) in [5.41, 5.74) is 4.31. The van der Waals surface area contributed by atoms with E-state index in [0.717, 1.165) is 17.8 Å². The zero-order chi connectivity index (χ0) is 17.8. The minimum absolute atomic E-state index is 0.0253. The molecule has 0 aliphatic carbocycles. The summed E-state index contributed by atoms with van der Waals surface area (Å²) in [4.78, 5) is 17.1. The van der Waals surface area contributed by atoms with Gasteiger partial charge < -0.3 is 9.72 Å². The second-order valence-corrected chi connectivity index (χ2v) is 6.60. The van der Waals surface area contributed by atoms with Crippen molar-refractivity contribution in [2.24, 2.45) is 0 Å². The molecule has 0 radical (unpaired) electrons. The van der Waals surface area contributed by atoms with E-state index < -0.39 is 0 Å². The van der Waals surface area contributed by atoms with Crippen LogP contribution in [0, 0.1) is 6.92 Å². The number of carbonyl (C=O) groups is 1. The first-order valence-electron chi connectivity index (χ1n) is 8.87. The molecule has 2 atom stereocenters. The number of aryl methyl sites for hydroxylation is 1. The zero-order valence-electron chi connectivity index (χ0n) is 15.1. The van der Waals surface area contributed by atoms with Crippen LogP contribution in [-0.4, -0.2) is 21.3 Å². The molecule has 0 bridgehead atoms. The van der Waals surface area contributed by atoms with Gasteiger partial charge in [-0.25, -0.2) is 4.98 Å². The first-order valence-corrected chi connectivity index (χ1v) is 8.87. The van der Waals surface area contributed by atoms with E-state index >= 15 is 0 Å². The maximum Gasteiger partial charge on any atom is 0.221 e. The van der Waals surface area contributed by atoms with E-state index in [2.05, 4.69) is 40.7 Å². The fourth-order valence-electron chi connectivity index (χ4n) is 3.18. The Balaban J connectivity index is 2.01. The quantitative estimate of drug-likeness (QED) is 0.738. The molecule has 3 aromatic rings. The molecule has 1 aromatic carbocycles. The summed E-state index contributed by atoms with van der Waals surface area (Å²) in [6, 6.07) is 14.4. The molecule has 2 heterocycles. The highest BCUT2D eigenvalue weighted by atomic mass is 16.1. The van der Waals surface area contributed by atoms with Crippen molar-refractivity contribution in [2.75, 3.05) is 0 Å². The number of benzene rings is 1. The molecular formula is C21H25N3O. The number of pyridine rings is 1. The van der Waals surface area contributed by atoms with Crippen molar-refractivity contribution in [3.63, 3.8) is 0 Å². The van der Waals surface area contributed by atoms with Gasteiger partial charge in [0, 0.05) is 30.8 Å². The first-order chi connectivity index (χ1) is 12.1. The Morgan fingerprint density at radius 2 is 1.96 bits per heavy atom. The Bertz CT molecular complexity index is 868. The van der Waals surface area contributed by atoms with Gasteiger partial charge in [0.1, 0.15) is 5.65 Å². The predicted molar refractivity (Wildman–Crippen MR) is 101 cm³/mol. The molecule has 4 nitrogen and oxygen atoms in total. The number of nitrogens with one attached hydrogen (secondary N) is 1. The van der Waals surface area contributed by atoms with Gasteiger partial charge in [0.05, 0.1) is 5.69 Å². The average molecular weight is 335 g/mol. The lowest BCUT2D eigenvalue weighted by molar-refractivity contribution is -0.121. The molecule has 3 rings (SSSR count). The van der Waals surface area contributed by atoms with E-state index in [1.807, 2.05) is 49.6 Å². The second-order valence-electron chi connectivity index (χ2n) is 6.60. The van der Waals surface area contributed by atoms with Crippen molar-refractivity contribution in [1.82, 2.24) is 14.7 Å². The summed E-state index contributed by atoms with van der Waals surface area (Å²) in [6.07, 6.45) is 5.24. The third-order valence-corrected chi connectivity index (χ3v) is 4.78. The fraction of sp³-hybridized carbons (Fsp3) is 0.333. The zero-order valence-corrected chi connectivity index (χ0v) is 15.1. The lowest BCUT2D eigenvalue weighted by Crippen LogP contribution is -2.33. The van der Waals surface area contributed by atoms with Crippen LogP contribution in [0.25, 0.3) is 5.65 Å². The van der Waals surface area contributed by atoms with Gasteiger partial charge in [0.15, 0.2) is 0 Å². The maximum atomic E-state index is 12.6. The lowest BCUT2D eigenvalue weighted by atomic mass is 9.89. The molecule has 130 valence electrons. The van der Waals surface area contributed by atoms with E-state index in [1.165, 1.54) is 11.1 Å². The molecule has 0 aliphatic heterocycles. The third-order valence-electron chi connectivity index (χ3n) is 4.78. The topological polar surface area (TPSA) is 46.4 Å². The summed E-state index contributed by atoms with van der Waals surface area (Å²) in [5, 5.41) is 3.09. The lowest BCUT2D eigenvalue weighted by Gasteiger charge is -2.20. The van der Waals surface area contributed by atoms with E-state index in [4.69, 9.17) is 0 Å². The van der Waals surface area contributed by atoms with E-state index in [9.17, 15) is 4.79 Å². The number of hydrogen-bond donors (Lipinski definition) is 1. The number of hydrogen-bond acceptors (Lipinski definition) is 2. The molecule has 0 fully saturated rings. The van der Waals surface area contributed by atoms with Gasteiger partial charge in [-0.1, -0.05) is 37.3 Å². The van der Waals surface area contributed by atoms with Crippen molar-refractivity contribution < 1.29 is 4.79 Å². The van der Waals surface area contributed by atoms with Crippen molar-refractivity contribution >= 4 is 11.6 Å². The SMILES string of the molecule is CC[C@H](C)NC(=O)C[C@H](c1ccccc1C)c1cnc2ccccn12. The highest BCUT2D eigenvalue weighted by molar-refractivity contribution is 5.78. The maximum absolute atomic E-state index is 12.6. The molecule has 4 heteroatoms. The van der Waals surface area contributed by atoms with Gasteiger partial charge in [-0.3, -0.25) is 4.79 Å². The molecule has 0 saturated heterocycles. The standard InChI is InChI=1S/C21H25N3O/c1-4-16(3)23-21(25)13-18(17-10-6-5-9-15(17)2)19-14-22-20-11-7-8-12-24(19)20/h5-12,14,16,18H,4,13H2,1-3H3,(H,23,25)/t16-,18+/m0/s1. The number of carbonyl (C=O) groups excluding carboxylic acids is 1. The number of amides is 1. The molecule has 0 aliphatic rings. The molecule has 2 aromatic heterocycles. The smallest absolute Gasteiger partial charge is 0.221 e. The third kappa shape index (κ3) is 3.73. The minimum atomic E-state index is -0.0253. The van der Waals surface area contributed by atoms with Crippen LogP contribution in [0.15, 0.2) is 54.9 Å². The molecule has 0 spiro atoms. The summed E-state index contributed by atoms with van der Waals surface area (Å²) in [5.74, 6) is 0.0520. The van der Waals surface area contributed by atoms with Crippen LogP contribution in [0.1, 0.15) is 49.4 Å². The highest BCUT2D eigenvalue weighted by Gasteiger charge is 2.23. The molecule has 1 N–H and O–H groups in total. The molecule has 0 unspecified atom stereocenters. The highest BCUT2D eigenvalue weighted by Crippen LogP contribution is 2.30. The Morgan fingerprint density at radius 1 is 1.20 bits per heavy atom. The Labute approximate surface area is 148 Å². The average Bonchev–Trinajstić information content (AvgIpc) is 3.04. The first kappa shape index (κ1) is 17.2. The summed E-state index contributed by atoms with van der Waals surface area (Å²) in [6.45, 7) is 6.21. The fourth-order valence-corrected chi connectivity index (χ4v) is 3.18.